The Hall–Kier alpha value is -4.48. The summed E-state index contributed by atoms with van der Waals surface area (Å²) in [4.78, 5) is 70.5. The van der Waals surface area contributed by atoms with Crippen LogP contribution in [0.4, 0.5) is 22.7 Å². The Morgan fingerprint density at radius 2 is 1.45 bits per heavy atom. The van der Waals surface area contributed by atoms with Crippen molar-refractivity contribution in [2.24, 2.45) is 5.92 Å². The van der Waals surface area contributed by atoms with Crippen molar-refractivity contribution < 1.29 is 29.0 Å². The molecule has 0 bridgehead atoms. The topological polar surface area (TPSA) is 170 Å². The highest BCUT2D eigenvalue weighted by Gasteiger charge is 2.53. The molecule has 29 heavy (non-hydrogen) atoms. The van der Waals surface area contributed by atoms with Gasteiger partial charge in [0.1, 0.15) is 11.4 Å². The number of para-hydroxylation sites is 4. The molecule has 0 radical (unpaired) electrons. The molecule has 3 rings (SSSR count). The summed E-state index contributed by atoms with van der Waals surface area (Å²) in [5, 5.41) is 24.3. The summed E-state index contributed by atoms with van der Waals surface area (Å²) in [5.74, 6) is -7.48. The molecule has 12 heteroatoms. The molecule has 1 fully saturated rings. The third kappa shape index (κ3) is 3.29. The van der Waals surface area contributed by atoms with Crippen molar-refractivity contribution in [1.82, 2.24) is 0 Å². The van der Waals surface area contributed by atoms with Crippen molar-refractivity contribution in [3.63, 3.8) is 0 Å². The average molecular weight is 398 g/mol. The number of carbonyl (C=O) groups excluding carboxylic acids is 4. The van der Waals surface area contributed by atoms with E-state index in [9.17, 15) is 39.4 Å². The van der Waals surface area contributed by atoms with E-state index < -0.39 is 56.3 Å². The largest absolute Gasteiger partial charge is 0.319 e. The number of hydrogen-bond acceptors (Lipinski definition) is 8. The van der Waals surface area contributed by atoms with Crippen LogP contribution in [0.25, 0.3) is 0 Å². The number of amides is 3. The van der Waals surface area contributed by atoms with Gasteiger partial charge in [0.2, 0.25) is 11.7 Å². The fourth-order valence-electron chi connectivity index (χ4n) is 2.79. The van der Waals surface area contributed by atoms with Crippen LogP contribution >= 0.6 is 0 Å². The van der Waals surface area contributed by atoms with Crippen LogP contribution < -0.4 is 10.2 Å². The summed E-state index contributed by atoms with van der Waals surface area (Å²) in [5.41, 5.74) is -1.83. The van der Waals surface area contributed by atoms with E-state index in [1.165, 1.54) is 30.3 Å². The zero-order valence-electron chi connectivity index (χ0n) is 14.3. The van der Waals surface area contributed by atoms with E-state index in [0.717, 1.165) is 18.2 Å². The maximum absolute atomic E-state index is 12.6. The molecule has 0 saturated carbocycles. The predicted molar refractivity (Wildman–Crippen MR) is 95.8 cm³/mol. The number of ketones is 1. The quantitative estimate of drug-likeness (QED) is 0.257. The maximum Gasteiger partial charge on any atom is 0.302 e. The minimum absolute atomic E-state index is 0.268. The molecular weight excluding hydrogens is 388 g/mol. The molecule has 0 spiro atoms. The lowest BCUT2D eigenvalue weighted by molar-refractivity contribution is -0.384. The van der Waals surface area contributed by atoms with Crippen LogP contribution in [0.3, 0.4) is 0 Å². The molecule has 12 nitrogen and oxygen atoms in total. The highest BCUT2D eigenvalue weighted by Crippen LogP contribution is 2.33. The fourth-order valence-corrected chi connectivity index (χ4v) is 2.79. The van der Waals surface area contributed by atoms with Gasteiger partial charge in [-0.1, -0.05) is 24.3 Å². The molecule has 146 valence electrons. The Kier molecular flexibility index (Phi) is 4.83. The lowest BCUT2D eigenvalue weighted by atomic mass is 10.1. The van der Waals surface area contributed by atoms with Gasteiger partial charge in [-0.05, 0) is 12.1 Å². The van der Waals surface area contributed by atoms with Crippen LogP contribution in [-0.4, -0.2) is 33.4 Å². The van der Waals surface area contributed by atoms with Gasteiger partial charge in [0.25, 0.3) is 17.3 Å². The van der Waals surface area contributed by atoms with Crippen molar-refractivity contribution in [1.29, 1.82) is 0 Å². The third-order valence-electron chi connectivity index (χ3n) is 4.08. The average Bonchev–Trinajstić information content (AvgIpc) is 2.90. The Labute approximate surface area is 161 Å². The summed E-state index contributed by atoms with van der Waals surface area (Å²) in [6, 6.07) is 9.73. The lowest BCUT2D eigenvalue weighted by Crippen LogP contribution is -2.35. The van der Waals surface area contributed by atoms with E-state index in [-0.39, 0.29) is 10.6 Å². The SMILES string of the molecule is O=C(Nc1ccccc1[N+](=O)[O-])C1C(=O)C(=O)N(c2ccccc2[N+](=O)[O-])C1=O. The van der Waals surface area contributed by atoms with Crippen molar-refractivity contribution >= 4 is 46.3 Å². The number of nitrogens with zero attached hydrogens (tertiary/aromatic N) is 3. The molecule has 1 aliphatic rings. The highest BCUT2D eigenvalue weighted by molar-refractivity contribution is 6.60. The number of nitro groups is 2. The van der Waals surface area contributed by atoms with Crippen LogP contribution in [0.5, 0.6) is 0 Å². The molecule has 1 heterocycles. The predicted octanol–water partition coefficient (Wildman–Crippen LogP) is 1.20. The number of anilines is 2. The molecule has 1 unspecified atom stereocenters. The minimum Gasteiger partial charge on any atom is -0.319 e. The minimum atomic E-state index is -2.12. The van der Waals surface area contributed by atoms with Gasteiger partial charge >= 0.3 is 5.91 Å². The highest BCUT2D eigenvalue weighted by atomic mass is 16.6. The first-order valence-corrected chi connectivity index (χ1v) is 7.94. The summed E-state index contributed by atoms with van der Waals surface area (Å²) < 4.78 is 0. The van der Waals surface area contributed by atoms with Gasteiger partial charge in [-0.3, -0.25) is 39.4 Å². The first kappa shape index (κ1) is 19.3. The van der Waals surface area contributed by atoms with E-state index in [0.29, 0.717) is 0 Å². The van der Waals surface area contributed by atoms with Crippen LogP contribution in [0, 0.1) is 26.1 Å². The number of benzene rings is 2. The number of carbonyl (C=O) groups is 4. The standard InChI is InChI=1S/C17H10N4O8/c22-14-13(15(23)18-9-5-1-2-6-10(9)20(26)27)16(24)19(17(14)25)11-7-3-4-8-12(11)21(28)29/h1-8,13H,(H,18,23). The molecule has 2 aromatic rings. The summed E-state index contributed by atoms with van der Waals surface area (Å²) in [6.07, 6.45) is 0. The smallest absolute Gasteiger partial charge is 0.302 e. The Morgan fingerprint density at radius 1 is 0.897 bits per heavy atom. The molecule has 3 amide bonds. The van der Waals surface area contributed by atoms with E-state index in [1.807, 2.05) is 0 Å². The summed E-state index contributed by atoms with van der Waals surface area (Å²) >= 11 is 0. The van der Waals surface area contributed by atoms with Crippen molar-refractivity contribution in [3.05, 3.63) is 68.8 Å². The van der Waals surface area contributed by atoms with Crippen LogP contribution in [0.2, 0.25) is 0 Å². The molecule has 1 saturated heterocycles. The van der Waals surface area contributed by atoms with Gasteiger partial charge in [-0.15, -0.1) is 0 Å². The Bertz CT molecular complexity index is 1100. The van der Waals surface area contributed by atoms with E-state index in [1.54, 1.807) is 0 Å². The number of nitro benzene ring substituents is 2. The number of nitrogens with one attached hydrogen (secondary N) is 1. The van der Waals surface area contributed by atoms with Crippen molar-refractivity contribution in [2.75, 3.05) is 10.2 Å². The molecule has 0 aliphatic carbocycles. The van der Waals surface area contributed by atoms with Crippen LogP contribution in [0.1, 0.15) is 0 Å². The number of rotatable bonds is 5. The fraction of sp³-hybridized carbons (Fsp3) is 0.0588. The van der Waals surface area contributed by atoms with Crippen LogP contribution in [0.15, 0.2) is 48.5 Å². The first-order chi connectivity index (χ1) is 13.7. The van der Waals surface area contributed by atoms with Gasteiger partial charge in [0, 0.05) is 12.1 Å². The number of Topliss-reactive ketones (excluding diaryl/α,β-unsaturated/α-hetero) is 1. The second kappa shape index (κ2) is 7.26. The molecule has 0 aromatic heterocycles. The van der Waals surface area contributed by atoms with Gasteiger partial charge in [-0.25, -0.2) is 4.90 Å². The Balaban J connectivity index is 1.95. The van der Waals surface area contributed by atoms with Gasteiger partial charge in [-0.2, -0.15) is 0 Å². The molecule has 1 atom stereocenters. The lowest BCUT2D eigenvalue weighted by Gasteiger charge is -2.14. The maximum atomic E-state index is 12.6. The normalized spacial score (nSPS) is 16.1. The van der Waals surface area contributed by atoms with Crippen LogP contribution in [-0.2, 0) is 19.2 Å². The molecule has 1 aliphatic heterocycles. The molecular formula is C17H10N4O8. The second-order valence-electron chi connectivity index (χ2n) is 5.79. The summed E-state index contributed by atoms with van der Waals surface area (Å²) in [6.45, 7) is 0. The van der Waals surface area contributed by atoms with E-state index >= 15 is 0 Å². The van der Waals surface area contributed by atoms with Crippen molar-refractivity contribution in [2.45, 2.75) is 0 Å². The second-order valence-corrected chi connectivity index (χ2v) is 5.79. The van der Waals surface area contributed by atoms with Crippen molar-refractivity contribution in [3.8, 4) is 0 Å². The first-order valence-electron chi connectivity index (χ1n) is 7.94. The van der Waals surface area contributed by atoms with E-state index in [4.69, 9.17) is 0 Å². The molecule has 1 N–H and O–H groups in total. The van der Waals surface area contributed by atoms with E-state index in [2.05, 4.69) is 5.32 Å². The Morgan fingerprint density at radius 3 is 2.07 bits per heavy atom. The van der Waals surface area contributed by atoms with Gasteiger partial charge in [0.15, 0.2) is 5.92 Å². The van der Waals surface area contributed by atoms with Gasteiger partial charge < -0.3 is 5.32 Å². The number of hydrogen-bond donors (Lipinski definition) is 1. The van der Waals surface area contributed by atoms with Gasteiger partial charge in [0.05, 0.1) is 9.85 Å². The zero-order valence-corrected chi connectivity index (χ0v) is 14.3. The summed E-state index contributed by atoms with van der Waals surface area (Å²) in [7, 11) is 0. The third-order valence-corrected chi connectivity index (χ3v) is 4.08. The monoisotopic (exact) mass is 398 g/mol. The zero-order chi connectivity index (χ0) is 21.3. The number of imide groups is 1. The molecule has 2 aromatic carbocycles.